The molecule has 2 aliphatic carbocycles. The van der Waals surface area contributed by atoms with Gasteiger partial charge >= 0.3 is 0 Å². The molecule has 8 heteroatoms. The van der Waals surface area contributed by atoms with Crippen molar-refractivity contribution in [3.8, 4) is 5.75 Å². The quantitative estimate of drug-likeness (QED) is 0.647. The molecule has 178 valence electrons. The number of hydrogen-bond donors (Lipinski definition) is 1. The Morgan fingerprint density at radius 3 is 2.64 bits per heavy atom. The van der Waals surface area contributed by atoms with Gasteiger partial charge in [-0.25, -0.2) is 4.39 Å². The van der Waals surface area contributed by atoms with Crippen LogP contribution in [-0.4, -0.2) is 67.4 Å². The summed E-state index contributed by atoms with van der Waals surface area (Å²) in [4.78, 5) is 27.9. The summed E-state index contributed by atoms with van der Waals surface area (Å²) in [5.74, 6) is 0.342. The second-order valence-electron chi connectivity index (χ2n) is 10.5. The van der Waals surface area contributed by atoms with E-state index >= 15 is 0 Å². The number of rotatable bonds is 0. The van der Waals surface area contributed by atoms with E-state index in [0.717, 1.165) is 38.5 Å². The normalized spacial score (nSPS) is 35.5. The van der Waals surface area contributed by atoms with E-state index in [-0.39, 0.29) is 48.9 Å². The highest BCUT2D eigenvalue weighted by molar-refractivity contribution is 5.87. The lowest BCUT2D eigenvalue weighted by atomic mass is 9.82. The smallest absolute Gasteiger partial charge is 0.246 e. The molecule has 1 aromatic rings. The van der Waals surface area contributed by atoms with Gasteiger partial charge in [0.25, 0.3) is 0 Å². The Morgan fingerprint density at radius 1 is 1.06 bits per heavy atom. The van der Waals surface area contributed by atoms with Crippen LogP contribution in [-0.2, 0) is 19.1 Å². The van der Waals surface area contributed by atoms with Gasteiger partial charge in [-0.3, -0.25) is 9.59 Å². The van der Waals surface area contributed by atoms with Gasteiger partial charge in [0.2, 0.25) is 11.8 Å². The van der Waals surface area contributed by atoms with E-state index in [9.17, 15) is 14.0 Å². The summed E-state index contributed by atoms with van der Waals surface area (Å²) in [5.41, 5.74) is -0.543. The molecule has 2 bridgehead atoms. The van der Waals surface area contributed by atoms with Crippen LogP contribution in [0.5, 0.6) is 5.75 Å². The minimum Gasteiger partial charge on any atom is -0.492 e. The van der Waals surface area contributed by atoms with Crippen LogP contribution in [0.1, 0.15) is 56.4 Å². The third-order valence-corrected chi connectivity index (χ3v) is 8.45. The number of morpholine rings is 1. The number of fused-ring (bicyclic) bond motifs is 4. The molecule has 4 aliphatic heterocycles. The predicted molar refractivity (Wildman–Crippen MR) is 116 cm³/mol. The van der Waals surface area contributed by atoms with Crippen LogP contribution in [0, 0.1) is 11.2 Å². The number of halogens is 1. The fourth-order valence-corrected chi connectivity index (χ4v) is 6.30. The second-order valence-corrected chi connectivity index (χ2v) is 10.5. The third kappa shape index (κ3) is 3.62. The van der Waals surface area contributed by atoms with E-state index in [0.29, 0.717) is 37.5 Å². The van der Waals surface area contributed by atoms with Crippen molar-refractivity contribution in [1.29, 1.82) is 0 Å². The lowest BCUT2D eigenvalue weighted by molar-refractivity contribution is -0.147. The molecule has 2 amide bonds. The monoisotopic (exact) mass is 458 g/mol. The standard InChI is InChI=1S/C25H31FN2O5/c26-18-2-1-3-19-22(18)16-4-6-17(7-5-16)32-12-20-25(15-31-13-21(29)27-25)10-11-28(20)23(30)24(8-9-24)14-33-19/h1-3,16-17,20H,4-15H2,(H,27,29)/t16?,17?,20-,25+/m0/s1. The van der Waals surface area contributed by atoms with Gasteiger partial charge in [-0.1, -0.05) is 6.07 Å². The van der Waals surface area contributed by atoms with E-state index in [1.807, 2.05) is 11.0 Å². The largest absolute Gasteiger partial charge is 0.492 e. The number of nitrogens with zero attached hydrogens (tertiary/aromatic N) is 1. The topological polar surface area (TPSA) is 77.1 Å². The van der Waals surface area contributed by atoms with Crippen molar-refractivity contribution in [3.05, 3.63) is 29.6 Å². The summed E-state index contributed by atoms with van der Waals surface area (Å²) in [5, 5.41) is 3.14. The molecule has 1 aromatic carbocycles. The highest BCUT2D eigenvalue weighted by atomic mass is 19.1. The van der Waals surface area contributed by atoms with E-state index in [1.54, 1.807) is 6.07 Å². The maximum Gasteiger partial charge on any atom is 0.246 e. The molecule has 7 rings (SSSR count). The Hall–Kier alpha value is -2.19. The van der Waals surface area contributed by atoms with Crippen molar-refractivity contribution in [2.75, 3.05) is 33.0 Å². The highest BCUT2D eigenvalue weighted by Gasteiger charge is 2.59. The highest BCUT2D eigenvalue weighted by Crippen LogP contribution is 2.50. The van der Waals surface area contributed by atoms with Gasteiger partial charge in [0, 0.05) is 12.1 Å². The zero-order chi connectivity index (χ0) is 22.6. The first kappa shape index (κ1) is 21.4. The van der Waals surface area contributed by atoms with Gasteiger partial charge in [-0.05, 0) is 63.0 Å². The predicted octanol–water partition coefficient (Wildman–Crippen LogP) is 2.53. The van der Waals surface area contributed by atoms with Crippen molar-refractivity contribution < 1.29 is 28.2 Å². The van der Waals surface area contributed by atoms with Gasteiger partial charge in [-0.2, -0.15) is 0 Å². The zero-order valence-corrected chi connectivity index (χ0v) is 18.8. The lowest BCUT2D eigenvalue weighted by Crippen LogP contribution is -2.65. The molecule has 6 aliphatic rings. The number of carbonyl (C=O) groups is 2. The summed E-state index contributed by atoms with van der Waals surface area (Å²) < 4.78 is 33.1. The van der Waals surface area contributed by atoms with Gasteiger partial charge in [-0.15, -0.1) is 0 Å². The van der Waals surface area contributed by atoms with Crippen LogP contribution in [0.3, 0.4) is 0 Å². The first-order valence-corrected chi connectivity index (χ1v) is 12.2. The molecular weight excluding hydrogens is 427 g/mol. The SMILES string of the molecule is O=C1COC[C@@]2(CCN3C(=O)C4(CC4)COc4cccc(F)c4C4CCC(CC4)OC[C@H]32)N1. The fraction of sp³-hybridized carbons (Fsp3) is 0.680. The maximum absolute atomic E-state index is 14.9. The Morgan fingerprint density at radius 2 is 1.88 bits per heavy atom. The number of hydrogen-bond acceptors (Lipinski definition) is 5. The first-order valence-electron chi connectivity index (χ1n) is 12.2. The lowest BCUT2D eigenvalue weighted by Gasteiger charge is -2.42. The van der Waals surface area contributed by atoms with E-state index in [1.165, 1.54) is 6.07 Å². The molecule has 0 aromatic heterocycles. The van der Waals surface area contributed by atoms with Crippen LogP contribution < -0.4 is 10.1 Å². The number of carbonyl (C=O) groups excluding carboxylic acids is 2. The van der Waals surface area contributed by atoms with Crippen LogP contribution in [0.25, 0.3) is 0 Å². The van der Waals surface area contributed by atoms with Crippen LogP contribution >= 0.6 is 0 Å². The first-order chi connectivity index (χ1) is 16.0. The summed E-state index contributed by atoms with van der Waals surface area (Å²) >= 11 is 0. The minimum absolute atomic E-state index is 0.0490. The fourth-order valence-electron chi connectivity index (χ4n) is 6.30. The third-order valence-electron chi connectivity index (χ3n) is 8.45. The Balaban J connectivity index is 1.34. The Kier molecular flexibility index (Phi) is 5.14. The number of amides is 2. The summed E-state index contributed by atoms with van der Waals surface area (Å²) in [6, 6.07) is 4.74. The minimum atomic E-state index is -0.605. The average molecular weight is 459 g/mol. The van der Waals surface area contributed by atoms with Crippen molar-refractivity contribution in [1.82, 2.24) is 10.2 Å². The van der Waals surface area contributed by atoms with Crippen molar-refractivity contribution >= 4 is 11.8 Å². The van der Waals surface area contributed by atoms with E-state index in [4.69, 9.17) is 14.2 Å². The van der Waals surface area contributed by atoms with Crippen LogP contribution in [0.2, 0.25) is 0 Å². The van der Waals surface area contributed by atoms with E-state index in [2.05, 4.69) is 5.32 Å². The number of ether oxygens (including phenoxy) is 3. The second kappa shape index (κ2) is 7.94. The van der Waals surface area contributed by atoms with Crippen molar-refractivity contribution in [2.24, 2.45) is 5.41 Å². The van der Waals surface area contributed by atoms with Crippen molar-refractivity contribution in [2.45, 2.75) is 68.5 Å². The Labute approximate surface area is 192 Å². The molecule has 2 saturated heterocycles. The van der Waals surface area contributed by atoms with Gasteiger partial charge in [0.05, 0.1) is 36.3 Å². The summed E-state index contributed by atoms with van der Waals surface area (Å²) in [6.07, 6.45) is 5.56. The Bertz CT molecular complexity index is 958. The molecule has 2 saturated carbocycles. The molecule has 1 N–H and O–H groups in total. The molecule has 33 heavy (non-hydrogen) atoms. The van der Waals surface area contributed by atoms with Crippen molar-refractivity contribution in [3.63, 3.8) is 0 Å². The zero-order valence-electron chi connectivity index (χ0n) is 18.8. The maximum atomic E-state index is 14.9. The van der Waals surface area contributed by atoms with Gasteiger partial charge < -0.3 is 24.4 Å². The summed E-state index contributed by atoms with van der Waals surface area (Å²) in [7, 11) is 0. The molecule has 0 radical (unpaired) electrons. The average Bonchev–Trinajstić information content (AvgIpc) is 3.53. The molecule has 2 spiro atoms. The molecule has 2 atom stereocenters. The van der Waals surface area contributed by atoms with Gasteiger partial charge in [0.15, 0.2) is 0 Å². The number of nitrogens with one attached hydrogen (secondary N) is 1. The van der Waals surface area contributed by atoms with Crippen LogP contribution in [0.4, 0.5) is 4.39 Å². The molecule has 7 nitrogen and oxygen atoms in total. The van der Waals surface area contributed by atoms with Crippen LogP contribution in [0.15, 0.2) is 18.2 Å². The molecule has 0 unspecified atom stereocenters. The van der Waals surface area contributed by atoms with Gasteiger partial charge in [0.1, 0.15) is 24.8 Å². The molecule has 4 fully saturated rings. The summed E-state index contributed by atoms with van der Waals surface area (Å²) in [6.45, 7) is 1.61. The molecular formula is C25H31FN2O5. The number of benzene rings is 1. The molecule has 4 heterocycles. The van der Waals surface area contributed by atoms with E-state index < -0.39 is 11.0 Å².